The topological polar surface area (TPSA) is 35.1 Å². The fourth-order valence-corrected chi connectivity index (χ4v) is 2.49. The Hall–Kier alpha value is -1.70. The zero-order valence-electron chi connectivity index (χ0n) is 10.1. The Balaban J connectivity index is 2.13. The summed E-state index contributed by atoms with van der Waals surface area (Å²) < 4.78 is 34.1. The van der Waals surface area contributed by atoms with E-state index in [4.69, 9.17) is 4.42 Å². The molecular formula is C14H8F2INO2. The molecule has 0 aliphatic heterocycles. The normalized spacial score (nSPS) is 11.2. The third-order valence-electron chi connectivity index (χ3n) is 2.97. The van der Waals surface area contributed by atoms with Crippen molar-refractivity contribution in [1.29, 1.82) is 0 Å². The Morgan fingerprint density at radius 1 is 1.15 bits per heavy atom. The molecule has 0 N–H and O–H groups in total. The van der Waals surface area contributed by atoms with Crippen LogP contribution in [0.4, 0.5) is 8.78 Å². The molecule has 0 fully saturated rings. The van der Waals surface area contributed by atoms with Crippen LogP contribution in [-0.2, 0) is 6.54 Å². The highest BCUT2D eigenvalue weighted by Gasteiger charge is 2.12. The SMILES string of the molecule is O=c1oc2cc(I)ccc2n1Cc1cc(F)ccc1F. The summed E-state index contributed by atoms with van der Waals surface area (Å²) in [5.41, 5.74) is 1.09. The molecule has 0 saturated carbocycles. The molecule has 0 atom stereocenters. The Kier molecular flexibility index (Phi) is 3.33. The summed E-state index contributed by atoms with van der Waals surface area (Å²) in [6.45, 7) is -0.0734. The molecule has 1 aromatic heterocycles. The molecule has 1 heterocycles. The second-order valence-corrected chi connectivity index (χ2v) is 5.55. The number of hydrogen-bond acceptors (Lipinski definition) is 2. The highest BCUT2D eigenvalue weighted by molar-refractivity contribution is 14.1. The van der Waals surface area contributed by atoms with Crippen LogP contribution in [0.1, 0.15) is 5.56 Å². The predicted octanol–water partition coefficient (Wildman–Crippen LogP) is 3.53. The molecule has 0 amide bonds. The number of aromatic nitrogens is 1. The van der Waals surface area contributed by atoms with E-state index in [1.807, 2.05) is 6.07 Å². The molecule has 102 valence electrons. The molecule has 20 heavy (non-hydrogen) atoms. The van der Waals surface area contributed by atoms with Gasteiger partial charge in [-0.05, 0) is 59.0 Å². The highest BCUT2D eigenvalue weighted by Crippen LogP contribution is 2.18. The molecule has 2 aromatic carbocycles. The molecule has 0 bridgehead atoms. The van der Waals surface area contributed by atoms with E-state index in [-0.39, 0.29) is 12.1 Å². The van der Waals surface area contributed by atoms with Crippen LogP contribution in [-0.4, -0.2) is 4.57 Å². The van der Waals surface area contributed by atoms with Crippen molar-refractivity contribution in [3.8, 4) is 0 Å². The van der Waals surface area contributed by atoms with Gasteiger partial charge >= 0.3 is 5.76 Å². The van der Waals surface area contributed by atoms with Crippen LogP contribution in [0.3, 0.4) is 0 Å². The van der Waals surface area contributed by atoms with Crippen LogP contribution < -0.4 is 5.76 Å². The van der Waals surface area contributed by atoms with Crippen LogP contribution in [0.2, 0.25) is 0 Å². The van der Waals surface area contributed by atoms with Gasteiger partial charge in [0.15, 0.2) is 5.58 Å². The molecule has 0 aliphatic carbocycles. The number of halogens is 3. The maximum absolute atomic E-state index is 13.6. The van der Waals surface area contributed by atoms with E-state index in [1.54, 1.807) is 12.1 Å². The number of hydrogen-bond donors (Lipinski definition) is 0. The van der Waals surface area contributed by atoms with Crippen LogP contribution >= 0.6 is 22.6 Å². The van der Waals surface area contributed by atoms with Crippen LogP contribution in [0.5, 0.6) is 0 Å². The van der Waals surface area contributed by atoms with Crippen molar-refractivity contribution in [2.24, 2.45) is 0 Å². The second kappa shape index (κ2) is 5.01. The minimum atomic E-state index is -0.592. The Labute approximate surface area is 126 Å². The van der Waals surface area contributed by atoms with E-state index in [0.29, 0.717) is 11.1 Å². The van der Waals surface area contributed by atoms with Crippen molar-refractivity contribution >= 4 is 33.7 Å². The molecule has 0 aliphatic rings. The molecule has 3 aromatic rings. The van der Waals surface area contributed by atoms with E-state index < -0.39 is 17.4 Å². The van der Waals surface area contributed by atoms with Gasteiger partial charge in [0.25, 0.3) is 0 Å². The van der Waals surface area contributed by atoms with Crippen LogP contribution in [0.15, 0.2) is 45.6 Å². The molecule has 3 nitrogen and oxygen atoms in total. The molecule has 3 rings (SSSR count). The average Bonchev–Trinajstić information content (AvgIpc) is 2.69. The van der Waals surface area contributed by atoms with Crippen LogP contribution in [0, 0.1) is 15.2 Å². The standard InChI is InChI=1S/C14H8F2INO2/c15-9-1-3-11(16)8(5-9)7-18-12-4-2-10(17)6-13(12)20-14(18)19/h1-6H,7H2. The number of fused-ring (bicyclic) bond motifs is 1. The molecule has 6 heteroatoms. The van der Waals surface area contributed by atoms with Gasteiger partial charge in [-0.2, -0.15) is 0 Å². The lowest BCUT2D eigenvalue weighted by atomic mass is 10.2. The smallest absolute Gasteiger partial charge is 0.408 e. The maximum Gasteiger partial charge on any atom is 0.420 e. The van der Waals surface area contributed by atoms with Gasteiger partial charge in [0.05, 0.1) is 12.1 Å². The van der Waals surface area contributed by atoms with E-state index in [9.17, 15) is 13.6 Å². The van der Waals surface area contributed by atoms with Gasteiger partial charge < -0.3 is 4.42 Å². The summed E-state index contributed by atoms with van der Waals surface area (Å²) in [7, 11) is 0. The van der Waals surface area contributed by atoms with Gasteiger partial charge in [0.2, 0.25) is 0 Å². The highest BCUT2D eigenvalue weighted by atomic mass is 127. The summed E-state index contributed by atoms with van der Waals surface area (Å²) in [5.74, 6) is -1.69. The van der Waals surface area contributed by atoms with Crippen molar-refractivity contribution in [2.45, 2.75) is 6.54 Å². The lowest BCUT2D eigenvalue weighted by Gasteiger charge is -2.04. The Morgan fingerprint density at radius 3 is 2.75 bits per heavy atom. The van der Waals surface area contributed by atoms with E-state index in [0.717, 1.165) is 21.8 Å². The first-order valence-electron chi connectivity index (χ1n) is 5.77. The van der Waals surface area contributed by atoms with Gasteiger partial charge in [0, 0.05) is 9.13 Å². The first kappa shape index (κ1) is 13.3. The maximum atomic E-state index is 13.6. The van der Waals surface area contributed by atoms with Crippen molar-refractivity contribution in [3.63, 3.8) is 0 Å². The third-order valence-corrected chi connectivity index (χ3v) is 3.64. The van der Waals surface area contributed by atoms with Gasteiger partial charge in [0.1, 0.15) is 11.6 Å². The van der Waals surface area contributed by atoms with E-state index >= 15 is 0 Å². The van der Waals surface area contributed by atoms with Gasteiger partial charge in [-0.1, -0.05) is 0 Å². The number of benzene rings is 2. The minimum Gasteiger partial charge on any atom is -0.408 e. The first-order chi connectivity index (χ1) is 9.54. The molecule has 0 radical (unpaired) electrons. The lowest BCUT2D eigenvalue weighted by Crippen LogP contribution is -2.15. The average molecular weight is 387 g/mol. The van der Waals surface area contributed by atoms with E-state index in [1.165, 1.54) is 4.57 Å². The zero-order chi connectivity index (χ0) is 14.3. The molecule has 0 spiro atoms. The first-order valence-corrected chi connectivity index (χ1v) is 6.85. The minimum absolute atomic E-state index is 0.0734. The van der Waals surface area contributed by atoms with E-state index in [2.05, 4.69) is 22.6 Å². The van der Waals surface area contributed by atoms with Crippen molar-refractivity contribution < 1.29 is 13.2 Å². The second-order valence-electron chi connectivity index (χ2n) is 4.30. The van der Waals surface area contributed by atoms with Gasteiger partial charge in [-0.15, -0.1) is 0 Å². The molecule has 0 unspecified atom stereocenters. The van der Waals surface area contributed by atoms with Crippen LogP contribution in [0.25, 0.3) is 11.1 Å². The largest absolute Gasteiger partial charge is 0.420 e. The Morgan fingerprint density at radius 2 is 1.95 bits per heavy atom. The number of nitrogens with zero attached hydrogens (tertiary/aromatic N) is 1. The Bertz CT molecular complexity index is 854. The predicted molar refractivity (Wildman–Crippen MR) is 78.7 cm³/mol. The zero-order valence-corrected chi connectivity index (χ0v) is 12.2. The quantitative estimate of drug-likeness (QED) is 0.631. The fraction of sp³-hybridized carbons (Fsp3) is 0.0714. The fourth-order valence-electron chi connectivity index (χ4n) is 2.02. The third kappa shape index (κ3) is 2.35. The molecule has 0 saturated heterocycles. The van der Waals surface area contributed by atoms with Gasteiger partial charge in [-0.3, -0.25) is 4.57 Å². The van der Waals surface area contributed by atoms with Gasteiger partial charge in [-0.25, -0.2) is 13.6 Å². The summed E-state index contributed by atoms with van der Waals surface area (Å²) in [5, 5.41) is 0. The molecular weight excluding hydrogens is 379 g/mol. The summed E-state index contributed by atoms with van der Waals surface area (Å²) in [4.78, 5) is 11.8. The summed E-state index contributed by atoms with van der Waals surface area (Å²) in [6.07, 6.45) is 0. The number of rotatable bonds is 2. The monoisotopic (exact) mass is 387 g/mol. The lowest BCUT2D eigenvalue weighted by molar-refractivity contribution is 0.510. The van der Waals surface area contributed by atoms with Crippen molar-refractivity contribution in [1.82, 2.24) is 4.57 Å². The van der Waals surface area contributed by atoms with Crippen molar-refractivity contribution in [2.75, 3.05) is 0 Å². The summed E-state index contributed by atoms with van der Waals surface area (Å²) >= 11 is 2.10. The number of oxazole rings is 1. The van der Waals surface area contributed by atoms with Crippen molar-refractivity contribution in [3.05, 3.63) is 67.7 Å². The summed E-state index contributed by atoms with van der Waals surface area (Å²) in [6, 6.07) is 8.41.